The molecule has 0 amide bonds. The molecule has 3 rings (SSSR count). The fourth-order valence-corrected chi connectivity index (χ4v) is 3.00. The Labute approximate surface area is 104 Å². The summed E-state index contributed by atoms with van der Waals surface area (Å²) in [7, 11) is 0. The number of hydrogen-bond donors (Lipinski definition) is 1. The highest BCUT2D eigenvalue weighted by Gasteiger charge is 2.06. The number of anilines is 1. The quantitative estimate of drug-likeness (QED) is 0.701. The highest BCUT2D eigenvalue weighted by atomic mass is 32.1. The summed E-state index contributed by atoms with van der Waals surface area (Å²) in [4.78, 5) is 5.55. The normalized spacial score (nSPS) is 10.9. The molecule has 3 heteroatoms. The number of fused-ring (bicyclic) bond motifs is 1. The number of benzene rings is 1. The van der Waals surface area contributed by atoms with Crippen LogP contribution >= 0.6 is 11.3 Å². The molecule has 0 aliphatic carbocycles. The van der Waals surface area contributed by atoms with E-state index in [4.69, 9.17) is 5.73 Å². The molecule has 84 valence electrons. The van der Waals surface area contributed by atoms with Gasteiger partial charge in [-0.05, 0) is 42.1 Å². The summed E-state index contributed by atoms with van der Waals surface area (Å²) in [6.07, 6.45) is 1.70. The van der Waals surface area contributed by atoms with Crippen LogP contribution in [0.5, 0.6) is 0 Å². The van der Waals surface area contributed by atoms with Crippen molar-refractivity contribution in [3.05, 3.63) is 48.2 Å². The van der Waals surface area contributed by atoms with E-state index in [1.807, 2.05) is 12.1 Å². The first-order valence-electron chi connectivity index (χ1n) is 5.45. The molecule has 0 aliphatic heterocycles. The van der Waals surface area contributed by atoms with Gasteiger partial charge in [-0.2, -0.15) is 0 Å². The van der Waals surface area contributed by atoms with Crippen LogP contribution in [0.2, 0.25) is 0 Å². The molecule has 2 heterocycles. The van der Waals surface area contributed by atoms with Crippen LogP contribution in [-0.2, 0) is 0 Å². The molecule has 3 aromatic rings. The summed E-state index contributed by atoms with van der Waals surface area (Å²) in [5, 5.41) is 1.31. The first kappa shape index (κ1) is 10.3. The summed E-state index contributed by atoms with van der Waals surface area (Å²) in [6.45, 7) is 2.13. The zero-order valence-electron chi connectivity index (χ0n) is 9.47. The Morgan fingerprint density at radius 1 is 1.18 bits per heavy atom. The Balaban J connectivity index is 2.18. The summed E-state index contributed by atoms with van der Waals surface area (Å²) in [5.74, 6) is 0. The lowest BCUT2D eigenvalue weighted by molar-refractivity contribution is 1.34. The van der Waals surface area contributed by atoms with Crippen LogP contribution in [0.15, 0.2) is 42.6 Å². The van der Waals surface area contributed by atoms with E-state index in [1.165, 1.54) is 20.5 Å². The van der Waals surface area contributed by atoms with Crippen LogP contribution in [0.4, 0.5) is 5.69 Å². The standard InChI is InChI=1S/C14H12N2S/c1-9-3-2-4-13-11(9)7-14(17-13)12-6-5-10(15)8-16-12/h2-8H,15H2,1H3. The van der Waals surface area contributed by atoms with Gasteiger partial charge in [0, 0.05) is 4.70 Å². The second-order valence-corrected chi connectivity index (χ2v) is 5.16. The van der Waals surface area contributed by atoms with Crippen LogP contribution in [0, 0.1) is 6.92 Å². The number of nitrogens with zero attached hydrogens (tertiary/aromatic N) is 1. The maximum absolute atomic E-state index is 5.64. The van der Waals surface area contributed by atoms with Crippen molar-refractivity contribution in [1.82, 2.24) is 4.98 Å². The Bertz CT molecular complexity index is 668. The third kappa shape index (κ3) is 1.78. The number of pyridine rings is 1. The van der Waals surface area contributed by atoms with Crippen LogP contribution in [0.3, 0.4) is 0 Å². The third-order valence-electron chi connectivity index (χ3n) is 2.82. The van der Waals surface area contributed by atoms with Gasteiger partial charge in [0.1, 0.15) is 0 Å². The van der Waals surface area contributed by atoms with E-state index in [9.17, 15) is 0 Å². The first-order chi connectivity index (χ1) is 8.24. The van der Waals surface area contributed by atoms with Gasteiger partial charge < -0.3 is 5.73 Å². The van der Waals surface area contributed by atoms with Crippen molar-refractivity contribution in [1.29, 1.82) is 0 Å². The number of hydrogen-bond acceptors (Lipinski definition) is 3. The van der Waals surface area contributed by atoms with Crippen molar-refractivity contribution in [2.45, 2.75) is 6.92 Å². The molecule has 2 nitrogen and oxygen atoms in total. The highest BCUT2D eigenvalue weighted by Crippen LogP contribution is 2.34. The minimum atomic E-state index is 0.700. The van der Waals surface area contributed by atoms with Gasteiger partial charge in [-0.15, -0.1) is 11.3 Å². The largest absolute Gasteiger partial charge is 0.397 e. The minimum absolute atomic E-state index is 0.700. The molecule has 17 heavy (non-hydrogen) atoms. The Morgan fingerprint density at radius 3 is 2.76 bits per heavy atom. The molecule has 2 aromatic heterocycles. The Kier molecular flexibility index (Phi) is 2.34. The number of aryl methyl sites for hydroxylation is 1. The van der Waals surface area contributed by atoms with Crippen LogP contribution in [-0.4, -0.2) is 4.98 Å². The molecule has 0 fully saturated rings. The van der Waals surface area contributed by atoms with Crippen molar-refractivity contribution >= 4 is 27.1 Å². The minimum Gasteiger partial charge on any atom is -0.397 e. The Morgan fingerprint density at radius 2 is 2.06 bits per heavy atom. The second-order valence-electron chi connectivity index (χ2n) is 4.07. The summed E-state index contributed by atoms with van der Waals surface area (Å²) < 4.78 is 1.30. The molecular weight excluding hydrogens is 228 g/mol. The van der Waals surface area contributed by atoms with Gasteiger partial charge in [0.05, 0.1) is 22.5 Å². The van der Waals surface area contributed by atoms with Crippen molar-refractivity contribution in [3.63, 3.8) is 0 Å². The summed E-state index contributed by atoms with van der Waals surface area (Å²) >= 11 is 1.77. The molecule has 0 unspecified atom stereocenters. The van der Waals surface area contributed by atoms with Gasteiger partial charge in [0.25, 0.3) is 0 Å². The van der Waals surface area contributed by atoms with Crippen LogP contribution < -0.4 is 5.73 Å². The predicted octanol–water partition coefficient (Wildman–Crippen LogP) is 3.85. The molecule has 0 bridgehead atoms. The number of rotatable bonds is 1. The predicted molar refractivity (Wildman–Crippen MR) is 74.2 cm³/mol. The lowest BCUT2D eigenvalue weighted by atomic mass is 10.1. The zero-order valence-corrected chi connectivity index (χ0v) is 10.3. The Hall–Kier alpha value is -1.87. The zero-order chi connectivity index (χ0) is 11.8. The molecule has 0 spiro atoms. The highest BCUT2D eigenvalue weighted by molar-refractivity contribution is 7.22. The van der Waals surface area contributed by atoms with Gasteiger partial charge in [-0.1, -0.05) is 12.1 Å². The van der Waals surface area contributed by atoms with Gasteiger partial charge in [0.15, 0.2) is 0 Å². The van der Waals surface area contributed by atoms with E-state index in [0.29, 0.717) is 5.69 Å². The second kappa shape index (κ2) is 3.86. The number of aromatic nitrogens is 1. The fraction of sp³-hybridized carbons (Fsp3) is 0.0714. The topological polar surface area (TPSA) is 38.9 Å². The molecule has 0 saturated carbocycles. The van der Waals surface area contributed by atoms with E-state index in [0.717, 1.165) is 5.69 Å². The monoisotopic (exact) mass is 240 g/mol. The average Bonchev–Trinajstić information content (AvgIpc) is 2.75. The smallest absolute Gasteiger partial charge is 0.0803 e. The van der Waals surface area contributed by atoms with Crippen LogP contribution in [0.25, 0.3) is 20.7 Å². The summed E-state index contributed by atoms with van der Waals surface area (Å²) in [6, 6.07) is 12.4. The van der Waals surface area contributed by atoms with E-state index in [-0.39, 0.29) is 0 Å². The van der Waals surface area contributed by atoms with Gasteiger partial charge in [0.2, 0.25) is 0 Å². The van der Waals surface area contributed by atoms with Crippen LogP contribution in [0.1, 0.15) is 5.56 Å². The average molecular weight is 240 g/mol. The lowest BCUT2D eigenvalue weighted by Gasteiger charge is -1.96. The maximum Gasteiger partial charge on any atom is 0.0803 e. The van der Waals surface area contributed by atoms with Gasteiger partial charge >= 0.3 is 0 Å². The molecule has 0 atom stereocenters. The van der Waals surface area contributed by atoms with Crippen molar-refractivity contribution in [2.24, 2.45) is 0 Å². The lowest BCUT2D eigenvalue weighted by Crippen LogP contribution is -1.86. The maximum atomic E-state index is 5.64. The molecule has 1 aromatic carbocycles. The van der Waals surface area contributed by atoms with E-state index in [2.05, 4.69) is 36.2 Å². The fourth-order valence-electron chi connectivity index (χ4n) is 1.88. The molecule has 2 N–H and O–H groups in total. The summed E-state index contributed by atoms with van der Waals surface area (Å²) in [5.41, 5.74) is 8.64. The molecule has 0 radical (unpaired) electrons. The third-order valence-corrected chi connectivity index (χ3v) is 3.94. The number of thiophene rings is 1. The number of nitrogen functional groups attached to an aromatic ring is 1. The molecule has 0 saturated heterocycles. The van der Waals surface area contributed by atoms with Gasteiger partial charge in [-0.25, -0.2) is 0 Å². The SMILES string of the molecule is Cc1cccc2sc(-c3ccc(N)cn3)cc12. The van der Waals surface area contributed by atoms with Crippen molar-refractivity contribution < 1.29 is 0 Å². The van der Waals surface area contributed by atoms with E-state index >= 15 is 0 Å². The van der Waals surface area contributed by atoms with E-state index < -0.39 is 0 Å². The van der Waals surface area contributed by atoms with Crippen molar-refractivity contribution in [2.75, 3.05) is 5.73 Å². The van der Waals surface area contributed by atoms with E-state index in [1.54, 1.807) is 17.5 Å². The van der Waals surface area contributed by atoms with Gasteiger partial charge in [-0.3, -0.25) is 4.98 Å². The van der Waals surface area contributed by atoms with Crippen molar-refractivity contribution in [3.8, 4) is 10.6 Å². The number of nitrogens with two attached hydrogens (primary N) is 1. The molecule has 0 aliphatic rings. The molecular formula is C14H12N2S. The first-order valence-corrected chi connectivity index (χ1v) is 6.27.